The number of benzene rings is 1. The minimum absolute atomic E-state index is 0.0409. The molecule has 3 aromatic rings. The second kappa shape index (κ2) is 9.05. The van der Waals surface area contributed by atoms with Crippen LogP contribution < -0.4 is 9.47 Å². The zero-order valence-corrected chi connectivity index (χ0v) is 19.5. The smallest absolute Gasteiger partial charge is 0.274 e. The van der Waals surface area contributed by atoms with E-state index in [4.69, 9.17) is 14.6 Å². The van der Waals surface area contributed by atoms with Gasteiger partial charge in [-0.25, -0.2) is 0 Å². The van der Waals surface area contributed by atoms with Crippen LogP contribution in [0.1, 0.15) is 50.5 Å². The molecule has 0 aliphatic carbocycles. The fourth-order valence-corrected chi connectivity index (χ4v) is 5.06. The number of ether oxygens (including phenoxy) is 2. The summed E-state index contributed by atoms with van der Waals surface area (Å²) in [5.74, 6) is 1.12. The molecular formula is C26H27N5O4. The van der Waals surface area contributed by atoms with E-state index >= 15 is 0 Å². The van der Waals surface area contributed by atoms with Crippen LogP contribution in [0.3, 0.4) is 0 Å². The number of carbonyl (C=O) groups is 2. The SMILES string of the molecule is O=C(c1ccc2c(c1)OCCO2)N1CCc2c(c(C(=O)N3CCCC3)nn2Cc2ccncc2)C1. The first-order valence-corrected chi connectivity index (χ1v) is 12.1. The maximum absolute atomic E-state index is 13.4. The van der Waals surface area contributed by atoms with Gasteiger partial charge in [0.15, 0.2) is 17.2 Å². The highest BCUT2D eigenvalue weighted by Gasteiger charge is 2.33. The van der Waals surface area contributed by atoms with Gasteiger partial charge in [0, 0.05) is 55.3 Å². The first-order valence-electron chi connectivity index (χ1n) is 12.1. The molecule has 2 amide bonds. The Morgan fingerprint density at radius 2 is 1.66 bits per heavy atom. The van der Waals surface area contributed by atoms with Crippen molar-refractivity contribution < 1.29 is 19.1 Å². The van der Waals surface area contributed by atoms with E-state index in [2.05, 4.69) is 4.98 Å². The number of amides is 2. The summed E-state index contributed by atoms with van der Waals surface area (Å²) in [6, 6.07) is 9.21. The van der Waals surface area contributed by atoms with Crippen molar-refractivity contribution in [3.63, 3.8) is 0 Å². The summed E-state index contributed by atoms with van der Waals surface area (Å²) in [5.41, 5.74) is 3.97. The Labute approximate surface area is 203 Å². The van der Waals surface area contributed by atoms with Crippen molar-refractivity contribution in [2.75, 3.05) is 32.8 Å². The zero-order valence-electron chi connectivity index (χ0n) is 19.5. The third-order valence-electron chi connectivity index (χ3n) is 6.89. The Kier molecular flexibility index (Phi) is 5.60. The van der Waals surface area contributed by atoms with E-state index in [-0.39, 0.29) is 11.8 Å². The monoisotopic (exact) mass is 473 g/mol. The van der Waals surface area contributed by atoms with Gasteiger partial charge in [0.05, 0.1) is 13.1 Å². The van der Waals surface area contributed by atoms with Crippen molar-refractivity contribution in [3.05, 3.63) is 70.8 Å². The Morgan fingerprint density at radius 3 is 2.46 bits per heavy atom. The second-order valence-electron chi connectivity index (χ2n) is 9.12. The van der Waals surface area contributed by atoms with Gasteiger partial charge in [-0.15, -0.1) is 0 Å². The second-order valence-corrected chi connectivity index (χ2v) is 9.12. The van der Waals surface area contributed by atoms with E-state index < -0.39 is 0 Å². The molecule has 0 saturated carbocycles. The number of aromatic nitrogens is 3. The lowest BCUT2D eigenvalue weighted by Crippen LogP contribution is -2.37. The summed E-state index contributed by atoms with van der Waals surface area (Å²) >= 11 is 0. The molecule has 0 unspecified atom stereocenters. The number of pyridine rings is 1. The highest BCUT2D eigenvalue weighted by Crippen LogP contribution is 2.32. The van der Waals surface area contributed by atoms with Crippen LogP contribution >= 0.6 is 0 Å². The molecule has 5 heterocycles. The van der Waals surface area contributed by atoms with Gasteiger partial charge in [0.25, 0.3) is 11.8 Å². The van der Waals surface area contributed by atoms with Gasteiger partial charge in [-0.3, -0.25) is 19.3 Å². The molecule has 0 atom stereocenters. The number of nitrogens with zero attached hydrogens (tertiary/aromatic N) is 5. The van der Waals surface area contributed by atoms with Crippen LogP contribution in [0.4, 0.5) is 0 Å². The molecule has 3 aliphatic rings. The van der Waals surface area contributed by atoms with E-state index in [1.165, 1.54) is 0 Å². The predicted molar refractivity (Wildman–Crippen MR) is 127 cm³/mol. The molecule has 1 fully saturated rings. The predicted octanol–water partition coefficient (Wildman–Crippen LogP) is 2.53. The third-order valence-corrected chi connectivity index (χ3v) is 6.89. The fraction of sp³-hybridized carbons (Fsp3) is 0.385. The summed E-state index contributed by atoms with van der Waals surface area (Å²) in [4.78, 5) is 34.6. The van der Waals surface area contributed by atoms with Crippen molar-refractivity contribution in [3.8, 4) is 11.5 Å². The first kappa shape index (κ1) is 21.6. The lowest BCUT2D eigenvalue weighted by molar-refractivity contribution is 0.0721. The number of hydrogen-bond acceptors (Lipinski definition) is 6. The van der Waals surface area contributed by atoms with Crippen molar-refractivity contribution in [1.29, 1.82) is 0 Å². The van der Waals surface area contributed by atoms with Crippen LogP contribution in [0, 0.1) is 0 Å². The molecule has 2 aromatic heterocycles. The van der Waals surface area contributed by atoms with Crippen LogP contribution in [-0.4, -0.2) is 69.2 Å². The molecule has 0 radical (unpaired) electrons. The number of rotatable bonds is 4. The van der Waals surface area contributed by atoms with Crippen LogP contribution in [0.2, 0.25) is 0 Å². The summed E-state index contributed by atoms with van der Waals surface area (Å²) < 4.78 is 13.2. The summed E-state index contributed by atoms with van der Waals surface area (Å²) in [6.07, 6.45) is 6.18. The van der Waals surface area contributed by atoms with E-state index in [0.29, 0.717) is 62.0 Å². The fourth-order valence-electron chi connectivity index (χ4n) is 5.06. The molecule has 9 heteroatoms. The highest BCUT2D eigenvalue weighted by molar-refractivity contribution is 5.96. The molecule has 9 nitrogen and oxygen atoms in total. The number of fused-ring (bicyclic) bond motifs is 2. The lowest BCUT2D eigenvalue weighted by atomic mass is 10.0. The first-order chi connectivity index (χ1) is 17.2. The Morgan fingerprint density at radius 1 is 0.886 bits per heavy atom. The van der Waals surface area contributed by atoms with Gasteiger partial charge in [-0.1, -0.05) is 0 Å². The van der Waals surface area contributed by atoms with Crippen LogP contribution in [0.5, 0.6) is 11.5 Å². The lowest BCUT2D eigenvalue weighted by Gasteiger charge is -2.29. The molecule has 6 rings (SSSR count). The van der Waals surface area contributed by atoms with Gasteiger partial charge in [-0.2, -0.15) is 5.10 Å². The Hall–Kier alpha value is -3.88. The molecule has 1 aromatic carbocycles. The largest absolute Gasteiger partial charge is 0.486 e. The van der Waals surface area contributed by atoms with Gasteiger partial charge < -0.3 is 19.3 Å². The van der Waals surface area contributed by atoms with Crippen LogP contribution in [0.15, 0.2) is 42.7 Å². The van der Waals surface area contributed by atoms with Crippen molar-refractivity contribution in [2.45, 2.75) is 32.4 Å². The van der Waals surface area contributed by atoms with Gasteiger partial charge >= 0.3 is 0 Å². The topological polar surface area (TPSA) is 89.8 Å². The average Bonchev–Trinajstić information content (AvgIpc) is 3.57. The van der Waals surface area contributed by atoms with Crippen molar-refractivity contribution in [2.24, 2.45) is 0 Å². The Balaban J connectivity index is 1.31. The normalized spacial score (nSPS) is 16.8. The molecule has 1 saturated heterocycles. The van der Waals surface area contributed by atoms with E-state index in [0.717, 1.165) is 42.8 Å². The zero-order chi connectivity index (χ0) is 23.8. The maximum atomic E-state index is 13.4. The molecule has 180 valence electrons. The number of likely N-dealkylation sites (tertiary alicyclic amines) is 1. The van der Waals surface area contributed by atoms with E-state index in [1.54, 1.807) is 35.5 Å². The quantitative estimate of drug-likeness (QED) is 0.579. The van der Waals surface area contributed by atoms with Gasteiger partial charge in [-0.05, 0) is 48.7 Å². The molecule has 0 N–H and O–H groups in total. The molecule has 35 heavy (non-hydrogen) atoms. The van der Waals surface area contributed by atoms with Crippen LogP contribution in [-0.2, 0) is 19.5 Å². The minimum atomic E-state index is -0.0888. The summed E-state index contributed by atoms with van der Waals surface area (Å²) in [6.45, 7) is 3.96. The summed E-state index contributed by atoms with van der Waals surface area (Å²) in [5, 5.41) is 4.79. The number of hydrogen-bond donors (Lipinski definition) is 0. The standard InChI is InChI=1S/C26H27N5O4/c32-25(19-3-4-22-23(15-19)35-14-13-34-22)30-12-7-21-20(17-30)24(26(33)29-10-1-2-11-29)28-31(21)16-18-5-8-27-9-6-18/h3-6,8-9,15H,1-2,7,10-14,16-17H2. The molecule has 3 aliphatic heterocycles. The average molecular weight is 474 g/mol. The minimum Gasteiger partial charge on any atom is -0.486 e. The van der Waals surface area contributed by atoms with Crippen molar-refractivity contribution >= 4 is 11.8 Å². The van der Waals surface area contributed by atoms with Gasteiger partial charge in [0.1, 0.15) is 13.2 Å². The molecular weight excluding hydrogens is 446 g/mol. The molecule has 0 spiro atoms. The third kappa shape index (κ3) is 4.11. The molecule has 0 bridgehead atoms. The van der Waals surface area contributed by atoms with Crippen LogP contribution in [0.25, 0.3) is 0 Å². The number of carbonyl (C=O) groups excluding carboxylic acids is 2. The van der Waals surface area contributed by atoms with Gasteiger partial charge in [0.2, 0.25) is 0 Å². The van der Waals surface area contributed by atoms with Crippen molar-refractivity contribution in [1.82, 2.24) is 24.6 Å². The highest BCUT2D eigenvalue weighted by atomic mass is 16.6. The van der Waals surface area contributed by atoms with E-state index in [9.17, 15) is 9.59 Å². The maximum Gasteiger partial charge on any atom is 0.274 e. The van der Waals surface area contributed by atoms with E-state index in [1.807, 2.05) is 21.7 Å². The summed E-state index contributed by atoms with van der Waals surface area (Å²) in [7, 11) is 0. The Bertz CT molecular complexity index is 1270.